The Labute approximate surface area is 124 Å². The van der Waals surface area contributed by atoms with E-state index in [1.54, 1.807) is 6.92 Å². The highest BCUT2D eigenvalue weighted by Gasteiger charge is 2.27. The zero-order valence-corrected chi connectivity index (χ0v) is 12.7. The SMILES string of the molecule is CC(NS(=O)(=O)c1ccc(Cl)c(CO)c1)C1CCCO1. The van der Waals surface area contributed by atoms with Gasteiger partial charge in [-0.25, -0.2) is 13.1 Å². The average molecular weight is 320 g/mol. The molecule has 0 spiro atoms. The number of hydrogen-bond acceptors (Lipinski definition) is 4. The zero-order valence-electron chi connectivity index (χ0n) is 11.2. The fourth-order valence-electron chi connectivity index (χ4n) is 2.22. The fourth-order valence-corrected chi connectivity index (χ4v) is 3.72. The maximum atomic E-state index is 12.3. The van der Waals surface area contributed by atoms with Gasteiger partial charge in [0, 0.05) is 17.7 Å². The number of sulfonamides is 1. The Morgan fingerprint density at radius 1 is 1.55 bits per heavy atom. The topological polar surface area (TPSA) is 75.6 Å². The van der Waals surface area contributed by atoms with Crippen molar-refractivity contribution >= 4 is 21.6 Å². The van der Waals surface area contributed by atoms with Gasteiger partial charge in [-0.1, -0.05) is 11.6 Å². The van der Waals surface area contributed by atoms with Crippen molar-refractivity contribution in [2.75, 3.05) is 6.61 Å². The van der Waals surface area contributed by atoms with Gasteiger partial charge in [-0.15, -0.1) is 0 Å². The zero-order chi connectivity index (χ0) is 14.8. The summed E-state index contributed by atoms with van der Waals surface area (Å²) in [6.45, 7) is 2.16. The lowest BCUT2D eigenvalue weighted by Crippen LogP contribution is -2.40. The summed E-state index contributed by atoms with van der Waals surface area (Å²) in [4.78, 5) is 0.0933. The maximum Gasteiger partial charge on any atom is 0.240 e. The van der Waals surface area contributed by atoms with Crippen molar-refractivity contribution in [3.63, 3.8) is 0 Å². The molecule has 1 aromatic rings. The quantitative estimate of drug-likeness (QED) is 0.866. The average Bonchev–Trinajstić information content (AvgIpc) is 2.92. The van der Waals surface area contributed by atoms with E-state index < -0.39 is 10.0 Å². The molecule has 0 amide bonds. The minimum absolute atomic E-state index is 0.0885. The highest BCUT2D eigenvalue weighted by Crippen LogP contribution is 2.22. The molecule has 2 unspecified atom stereocenters. The van der Waals surface area contributed by atoms with Gasteiger partial charge in [-0.3, -0.25) is 0 Å². The molecule has 2 atom stereocenters. The van der Waals surface area contributed by atoms with E-state index in [4.69, 9.17) is 21.4 Å². The van der Waals surface area contributed by atoms with Crippen LogP contribution < -0.4 is 4.72 Å². The molecular weight excluding hydrogens is 302 g/mol. The lowest BCUT2D eigenvalue weighted by Gasteiger charge is -2.20. The monoisotopic (exact) mass is 319 g/mol. The molecule has 0 aliphatic carbocycles. The van der Waals surface area contributed by atoms with E-state index >= 15 is 0 Å². The molecule has 1 aromatic carbocycles. The van der Waals surface area contributed by atoms with Crippen molar-refractivity contribution in [1.82, 2.24) is 4.72 Å². The van der Waals surface area contributed by atoms with Gasteiger partial charge in [-0.05, 0) is 43.5 Å². The van der Waals surface area contributed by atoms with Crippen molar-refractivity contribution in [2.45, 2.75) is 43.4 Å². The third-order valence-electron chi connectivity index (χ3n) is 3.36. The van der Waals surface area contributed by atoms with Crippen LogP contribution in [0.25, 0.3) is 0 Å². The van der Waals surface area contributed by atoms with Crippen molar-refractivity contribution in [3.8, 4) is 0 Å². The summed E-state index contributed by atoms with van der Waals surface area (Å²) in [5.41, 5.74) is 0.388. The summed E-state index contributed by atoms with van der Waals surface area (Å²) in [5, 5.41) is 9.49. The van der Waals surface area contributed by atoms with Gasteiger partial charge in [0.1, 0.15) is 0 Å². The number of hydrogen-bond donors (Lipinski definition) is 2. The molecule has 1 saturated heterocycles. The number of aliphatic hydroxyl groups is 1. The van der Waals surface area contributed by atoms with Gasteiger partial charge in [-0.2, -0.15) is 0 Å². The number of halogens is 1. The molecule has 2 N–H and O–H groups in total. The Balaban J connectivity index is 2.17. The lowest BCUT2D eigenvalue weighted by atomic mass is 10.1. The molecule has 0 saturated carbocycles. The van der Waals surface area contributed by atoms with Crippen molar-refractivity contribution < 1.29 is 18.3 Å². The van der Waals surface area contributed by atoms with Crippen LogP contribution in [0.15, 0.2) is 23.1 Å². The van der Waals surface area contributed by atoms with Crippen LogP contribution in [0, 0.1) is 0 Å². The fraction of sp³-hybridized carbons (Fsp3) is 0.538. The van der Waals surface area contributed by atoms with Crippen LogP contribution in [0.2, 0.25) is 5.02 Å². The smallest absolute Gasteiger partial charge is 0.240 e. The van der Waals surface area contributed by atoms with Crippen LogP contribution in [-0.2, 0) is 21.4 Å². The standard InChI is InChI=1S/C13H18ClNO4S/c1-9(13-3-2-6-19-13)15-20(17,18)11-4-5-12(14)10(7-11)8-16/h4-5,7,9,13,15-16H,2-3,6,8H2,1H3. The predicted octanol–water partition coefficient (Wildman–Crippen LogP) is 1.68. The highest BCUT2D eigenvalue weighted by atomic mass is 35.5. The molecular formula is C13H18ClNO4S. The third-order valence-corrected chi connectivity index (χ3v) is 5.29. The maximum absolute atomic E-state index is 12.3. The molecule has 1 aliphatic rings. The largest absolute Gasteiger partial charge is 0.392 e. The Hall–Kier alpha value is -0.660. The van der Waals surface area contributed by atoms with Gasteiger partial charge in [0.15, 0.2) is 0 Å². The Morgan fingerprint density at radius 3 is 2.90 bits per heavy atom. The van der Waals surface area contributed by atoms with E-state index in [0.717, 1.165) is 12.8 Å². The normalized spacial score (nSPS) is 21.1. The summed E-state index contributed by atoms with van der Waals surface area (Å²) in [7, 11) is -3.65. The van der Waals surface area contributed by atoms with E-state index in [1.807, 2.05) is 0 Å². The molecule has 112 valence electrons. The molecule has 0 radical (unpaired) electrons. The molecule has 1 heterocycles. The Morgan fingerprint density at radius 2 is 2.30 bits per heavy atom. The van der Waals surface area contributed by atoms with E-state index in [1.165, 1.54) is 18.2 Å². The van der Waals surface area contributed by atoms with Gasteiger partial charge >= 0.3 is 0 Å². The van der Waals surface area contributed by atoms with Crippen LogP contribution in [-0.4, -0.2) is 32.3 Å². The van der Waals surface area contributed by atoms with Crippen molar-refractivity contribution in [1.29, 1.82) is 0 Å². The number of ether oxygens (including phenoxy) is 1. The highest BCUT2D eigenvalue weighted by molar-refractivity contribution is 7.89. The summed E-state index contributed by atoms with van der Waals surface area (Å²) < 4.78 is 32.7. The van der Waals surface area contributed by atoms with Gasteiger partial charge in [0.05, 0.1) is 17.6 Å². The second-order valence-corrected chi connectivity index (χ2v) is 6.99. The van der Waals surface area contributed by atoms with Gasteiger partial charge in [0.25, 0.3) is 0 Å². The van der Waals surface area contributed by atoms with Crippen LogP contribution in [0.3, 0.4) is 0 Å². The van der Waals surface area contributed by atoms with Crippen molar-refractivity contribution in [2.24, 2.45) is 0 Å². The summed E-state index contributed by atoms with van der Waals surface area (Å²) in [6.07, 6.45) is 1.72. The van der Waals surface area contributed by atoms with Gasteiger partial charge in [0.2, 0.25) is 10.0 Å². The van der Waals surface area contributed by atoms with Crippen LogP contribution in [0.5, 0.6) is 0 Å². The number of aliphatic hydroxyl groups excluding tert-OH is 1. The predicted molar refractivity (Wildman–Crippen MR) is 76.1 cm³/mol. The second-order valence-electron chi connectivity index (χ2n) is 4.87. The first-order chi connectivity index (χ1) is 9.44. The number of benzene rings is 1. The third kappa shape index (κ3) is 3.51. The van der Waals surface area contributed by atoms with Crippen LogP contribution in [0.4, 0.5) is 0 Å². The molecule has 2 rings (SSSR count). The molecule has 20 heavy (non-hydrogen) atoms. The number of rotatable bonds is 5. The van der Waals surface area contributed by atoms with E-state index in [0.29, 0.717) is 17.2 Å². The van der Waals surface area contributed by atoms with Gasteiger partial charge < -0.3 is 9.84 Å². The second kappa shape index (κ2) is 6.41. The van der Waals surface area contributed by atoms with Crippen LogP contribution in [0.1, 0.15) is 25.3 Å². The summed E-state index contributed by atoms with van der Waals surface area (Å²) in [6, 6.07) is 3.98. The minimum atomic E-state index is -3.65. The first-order valence-corrected chi connectivity index (χ1v) is 8.33. The molecule has 1 fully saturated rings. The molecule has 0 aromatic heterocycles. The number of nitrogens with one attached hydrogen (secondary N) is 1. The Bertz CT molecular complexity index is 570. The molecule has 0 bridgehead atoms. The molecule has 7 heteroatoms. The van der Waals surface area contributed by atoms with E-state index in [9.17, 15) is 8.42 Å². The molecule has 5 nitrogen and oxygen atoms in total. The first kappa shape index (κ1) is 15.7. The van der Waals surface area contributed by atoms with E-state index in [2.05, 4.69) is 4.72 Å². The first-order valence-electron chi connectivity index (χ1n) is 6.47. The van der Waals surface area contributed by atoms with E-state index in [-0.39, 0.29) is 23.6 Å². The minimum Gasteiger partial charge on any atom is -0.392 e. The van der Waals surface area contributed by atoms with Crippen molar-refractivity contribution in [3.05, 3.63) is 28.8 Å². The molecule has 1 aliphatic heterocycles. The lowest BCUT2D eigenvalue weighted by molar-refractivity contribution is 0.0902. The Kier molecular flexibility index (Phi) is 5.04. The summed E-state index contributed by atoms with van der Waals surface area (Å²) >= 11 is 5.86. The summed E-state index contributed by atoms with van der Waals surface area (Å²) in [5.74, 6) is 0. The van der Waals surface area contributed by atoms with Crippen LogP contribution >= 0.6 is 11.6 Å².